The fourth-order valence-corrected chi connectivity index (χ4v) is 2.82. The molecule has 0 radical (unpaired) electrons. The summed E-state index contributed by atoms with van der Waals surface area (Å²) in [5, 5.41) is 0. The zero-order valence-corrected chi connectivity index (χ0v) is 13.5. The molecule has 1 atom stereocenters. The molecule has 1 aromatic rings. The summed E-state index contributed by atoms with van der Waals surface area (Å²) in [6, 6.07) is 5.54. The molecule has 0 bridgehead atoms. The second-order valence-electron chi connectivity index (χ2n) is 4.41. The van der Waals surface area contributed by atoms with E-state index in [2.05, 4.69) is 0 Å². The first-order valence-electron chi connectivity index (χ1n) is 5.60. The summed E-state index contributed by atoms with van der Waals surface area (Å²) in [4.78, 5) is 0. The minimum Gasteiger partial charge on any atom is -0.748 e. The van der Waals surface area contributed by atoms with Gasteiger partial charge in [0.15, 0.2) is 0 Å². The number of ether oxygens (including phenoxy) is 1. The van der Waals surface area contributed by atoms with Crippen LogP contribution in [0.2, 0.25) is 0 Å². The smallest absolute Gasteiger partial charge is 0.748 e. The molecule has 4 nitrogen and oxygen atoms in total. The van der Waals surface area contributed by atoms with Gasteiger partial charge in [-0.05, 0) is 30.9 Å². The third-order valence-corrected chi connectivity index (χ3v) is 3.57. The summed E-state index contributed by atoms with van der Waals surface area (Å²) in [5.74, 6) is -0.454. The van der Waals surface area contributed by atoms with Gasteiger partial charge in [-0.15, -0.1) is 0 Å². The summed E-state index contributed by atoms with van der Waals surface area (Å²) in [6.07, 6.45) is 1.80. The fraction of sp³-hybridized carbons (Fsp3) is 0.500. The van der Waals surface area contributed by atoms with Crippen LogP contribution < -0.4 is 29.6 Å². The topological polar surface area (TPSA) is 66.4 Å². The van der Waals surface area contributed by atoms with Gasteiger partial charge >= 0.3 is 29.6 Å². The van der Waals surface area contributed by atoms with E-state index in [9.17, 15) is 13.0 Å². The van der Waals surface area contributed by atoms with Crippen LogP contribution in [0.1, 0.15) is 35.6 Å². The number of hydrogen-bond acceptors (Lipinski definition) is 4. The summed E-state index contributed by atoms with van der Waals surface area (Å²) < 4.78 is 38.2. The predicted molar refractivity (Wildman–Crippen MR) is 62.5 cm³/mol. The Morgan fingerprint density at radius 3 is 2.72 bits per heavy atom. The first-order valence-corrected chi connectivity index (χ1v) is 7.18. The van der Waals surface area contributed by atoms with E-state index in [-0.39, 0.29) is 35.7 Å². The molecule has 1 aliphatic heterocycles. The fourth-order valence-electron chi connectivity index (χ4n) is 2.19. The molecule has 0 amide bonds. The van der Waals surface area contributed by atoms with Gasteiger partial charge in [-0.1, -0.05) is 23.8 Å². The van der Waals surface area contributed by atoms with E-state index >= 15 is 0 Å². The van der Waals surface area contributed by atoms with Crippen molar-refractivity contribution in [1.82, 2.24) is 0 Å². The van der Waals surface area contributed by atoms with Gasteiger partial charge in [-0.2, -0.15) is 0 Å². The zero-order chi connectivity index (χ0) is 12.5. The van der Waals surface area contributed by atoms with E-state index in [1.807, 2.05) is 19.1 Å². The van der Waals surface area contributed by atoms with Crippen LogP contribution in [-0.4, -0.2) is 19.6 Å². The van der Waals surface area contributed by atoms with Crippen molar-refractivity contribution in [2.45, 2.75) is 31.6 Å². The Kier molecular flexibility index (Phi) is 5.83. The van der Waals surface area contributed by atoms with E-state index in [1.165, 1.54) is 0 Å². The van der Waals surface area contributed by atoms with Crippen molar-refractivity contribution in [3.8, 4) is 0 Å². The first kappa shape index (κ1) is 16.1. The van der Waals surface area contributed by atoms with Crippen molar-refractivity contribution in [3.63, 3.8) is 0 Å². The number of benzene rings is 1. The normalized spacial score (nSPS) is 19.6. The average Bonchev–Trinajstić information content (AvgIpc) is 2.68. The van der Waals surface area contributed by atoms with Crippen molar-refractivity contribution >= 4 is 10.1 Å². The van der Waals surface area contributed by atoms with Crippen LogP contribution in [0.15, 0.2) is 18.2 Å². The van der Waals surface area contributed by atoms with Gasteiger partial charge in [-0.3, -0.25) is 0 Å². The standard InChI is InChI=1S/C12H16O4S.Na/c1-9-4-5-11(12-3-2-6-16-12)10(7-9)8-17(13,14)15;/h4-5,7,12H,2-3,6,8H2,1H3,(H,13,14,15);/q;+1/p-1. The molecule has 0 N–H and O–H groups in total. The van der Waals surface area contributed by atoms with Gasteiger partial charge in [0.05, 0.1) is 22.0 Å². The molecule has 2 rings (SSSR count). The Labute approximate surface area is 130 Å². The van der Waals surface area contributed by atoms with Crippen LogP contribution in [0.25, 0.3) is 0 Å². The maximum atomic E-state index is 10.9. The molecular weight excluding hydrogens is 263 g/mol. The van der Waals surface area contributed by atoms with E-state index in [0.717, 1.165) is 24.0 Å². The monoisotopic (exact) mass is 278 g/mol. The maximum Gasteiger partial charge on any atom is 1.00 e. The van der Waals surface area contributed by atoms with Crippen LogP contribution in [0.5, 0.6) is 0 Å². The molecule has 0 spiro atoms. The van der Waals surface area contributed by atoms with Gasteiger partial charge in [0.25, 0.3) is 0 Å². The minimum absolute atomic E-state index is 0. The first-order chi connectivity index (χ1) is 7.96. The Morgan fingerprint density at radius 2 is 2.17 bits per heavy atom. The predicted octanol–water partition coefficient (Wildman–Crippen LogP) is -1.10. The van der Waals surface area contributed by atoms with Gasteiger partial charge in [-0.25, -0.2) is 8.42 Å². The minimum atomic E-state index is -4.25. The maximum absolute atomic E-state index is 10.9. The van der Waals surface area contributed by atoms with Crippen LogP contribution in [-0.2, 0) is 20.6 Å². The molecule has 0 saturated carbocycles. The van der Waals surface area contributed by atoms with Crippen LogP contribution in [0.4, 0.5) is 0 Å². The molecule has 1 heterocycles. The van der Waals surface area contributed by atoms with Gasteiger partial charge < -0.3 is 9.29 Å². The Balaban J connectivity index is 0.00000162. The molecule has 1 aromatic carbocycles. The molecule has 0 aliphatic carbocycles. The van der Waals surface area contributed by atoms with Crippen LogP contribution in [0.3, 0.4) is 0 Å². The number of hydrogen-bond donors (Lipinski definition) is 0. The van der Waals surface area contributed by atoms with Crippen molar-refractivity contribution < 1.29 is 47.3 Å². The van der Waals surface area contributed by atoms with E-state index < -0.39 is 15.9 Å². The van der Waals surface area contributed by atoms with E-state index in [1.54, 1.807) is 6.07 Å². The quantitative estimate of drug-likeness (QED) is 0.520. The van der Waals surface area contributed by atoms with Crippen LogP contribution >= 0.6 is 0 Å². The van der Waals surface area contributed by atoms with Gasteiger partial charge in [0.1, 0.15) is 0 Å². The second-order valence-corrected chi connectivity index (χ2v) is 5.81. The third-order valence-electron chi connectivity index (χ3n) is 2.91. The molecule has 1 fully saturated rings. The summed E-state index contributed by atoms with van der Waals surface area (Å²) >= 11 is 0. The summed E-state index contributed by atoms with van der Waals surface area (Å²) in [5.41, 5.74) is 2.37. The van der Waals surface area contributed by atoms with Crippen molar-refractivity contribution in [3.05, 3.63) is 34.9 Å². The molecule has 1 saturated heterocycles. The summed E-state index contributed by atoms with van der Waals surface area (Å²) in [7, 11) is -4.25. The molecule has 1 aliphatic rings. The van der Waals surface area contributed by atoms with E-state index in [4.69, 9.17) is 4.74 Å². The molecule has 1 unspecified atom stereocenters. The van der Waals surface area contributed by atoms with Crippen molar-refractivity contribution in [2.75, 3.05) is 6.61 Å². The van der Waals surface area contributed by atoms with E-state index in [0.29, 0.717) is 12.2 Å². The average molecular weight is 278 g/mol. The Morgan fingerprint density at radius 1 is 1.44 bits per heavy atom. The largest absolute Gasteiger partial charge is 1.00 e. The molecular formula is C12H15NaO4S. The van der Waals surface area contributed by atoms with Crippen LogP contribution in [0, 0.1) is 6.92 Å². The third kappa shape index (κ3) is 4.33. The Bertz CT molecular complexity index is 507. The second kappa shape index (κ2) is 6.50. The Hall–Kier alpha value is 0.0900. The molecule has 18 heavy (non-hydrogen) atoms. The number of rotatable bonds is 3. The van der Waals surface area contributed by atoms with Gasteiger partial charge in [0.2, 0.25) is 0 Å². The molecule has 94 valence electrons. The molecule has 6 heteroatoms. The number of aryl methyl sites for hydroxylation is 1. The summed E-state index contributed by atoms with van der Waals surface area (Å²) in [6.45, 7) is 2.57. The molecule has 0 aromatic heterocycles. The SMILES string of the molecule is Cc1ccc(C2CCCO2)c(CS(=O)(=O)[O-])c1.[Na+]. The van der Waals surface area contributed by atoms with Crippen molar-refractivity contribution in [1.29, 1.82) is 0 Å². The zero-order valence-electron chi connectivity index (χ0n) is 10.7. The van der Waals surface area contributed by atoms with Gasteiger partial charge in [0, 0.05) is 6.61 Å². The van der Waals surface area contributed by atoms with Crippen molar-refractivity contribution in [2.24, 2.45) is 0 Å².